The van der Waals surface area contributed by atoms with E-state index in [-0.39, 0.29) is 0 Å². The normalized spacial score (nSPS) is 13.6. The monoisotopic (exact) mass is 153 g/mol. The zero-order valence-electron chi connectivity index (χ0n) is 5.29. The number of alkyl halides is 3. The molecule has 4 heteroatoms. The molecule has 0 N–H and O–H groups in total. The predicted molar refractivity (Wildman–Crippen MR) is 32.7 cm³/mol. The summed E-state index contributed by atoms with van der Waals surface area (Å²) in [6.07, 6.45) is -3.82. The van der Waals surface area contributed by atoms with Gasteiger partial charge in [0, 0.05) is 6.08 Å². The Hall–Kier alpha value is -0.253. The highest BCUT2D eigenvalue weighted by molar-refractivity contribution is 6.61. The SMILES string of the molecule is C[Si](C)C=CC(F)(F)F. The molecular weight excluding hydrogens is 145 g/mol. The van der Waals surface area contributed by atoms with E-state index in [1.807, 2.05) is 0 Å². The smallest absolute Gasteiger partial charge is 0.167 e. The maximum Gasteiger partial charge on any atom is 0.409 e. The minimum Gasteiger partial charge on any atom is -0.167 e. The van der Waals surface area contributed by atoms with Crippen LogP contribution in [0.2, 0.25) is 13.1 Å². The van der Waals surface area contributed by atoms with Crippen LogP contribution in [0.5, 0.6) is 0 Å². The molecule has 0 atom stereocenters. The van der Waals surface area contributed by atoms with Gasteiger partial charge in [-0.3, -0.25) is 0 Å². The zero-order chi connectivity index (χ0) is 7.49. The van der Waals surface area contributed by atoms with Gasteiger partial charge in [-0.15, -0.1) is 0 Å². The van der Waals surface area contributed by atoms with Crippen LogP contribution in [0.15, 0.2) is 11.8 Å². The predicted octanol–water partition coefficient (Wildman–Crippen LogP) is 2.40. The Morgan fingerprint density at radius 2 is 1.67 bits per heavy atom. The van der Waals surface area contributed by atoms with E-state index in [2.05, 4.69) is 0 Å². The van der Waals surface area contributed by atoms with Crippen molar-refractivity contribution < 1.29 is 13.2 Å². The molecule has 0 saturated carbocycles. The summed E-state index contributed by atoms with van der Waals surface area (Å²) >= 11 is 0. The molecule has 0 aliphatic carbocycles. The molecule has 0 aliphatic heterocycles. The van der Waals surface area contributed by atoms with Gasteiger partial charge in [-0.25, -0.2) is 0 Å². The van der Waals surface area contributed by atoms with Crippen molar-refractivity contribution in [3.63, 3.8) is 0 Å². The molecule has 0 spiro atoms. The summed E-state index contributed by atoms with van der Waals surface area (Å²) < 4.78 is 34.0. The number of halogens is 3. The summed E-state index contributed by atoms with van der Waals surface area (Å²) in [6.45, 7) is 3.60. The van der Waals surface area contributed by atoms with E-state index < -0.39 is 15.0 Å². The lowest BCUT2D eigenvalue weighted by Crippen LogP contribution is -2.04. The number of rotatable bonds is 1. The maximum absolute atomic E-state index is 11.3. The minimum atomic E-state index is -4.12. The van der Waals surface area contributed by atoms with Crippen LogP contribution in [-0.4, -0.2) is 15.0 Å². The Morgan fingerprint density at radius 3 is 1.78 bits per heavy atom. The molecule has 0 nitrogen and oxygen atoms in total. The van der Waals surface area contributed by atoms with Crippen LogP contribution in [0, 0.1) is 0 Å². The third-order valence-electron chi connectivity index (χ3n) is 0.606. The Balaban J connectivity index is 3.71. The number of allylic oxidation sites excluding steroid dienone is 1. The highest BCUT2D eigenvalue weighted by Gasteiger charge is 2.21. The van der Waals surface area contributed by atoms with Crippen molar-refractivity contribution in [3.8, 4) is 0 Å². The van der Waals surface area contributed by atoms with Gasteiger partial charge in [0.2, 0.25) is 0 Å². The van der Waals surface area contributed by atoms with E-state index in [0.717, 1.165) is 0 Å². The largest absolute Gasteiger partial charge is 0.409 e. The molecule has 0 bridgehead atoms. The van der Waals surface area contributed by atoms with Crippen LogP contribution in [0.1, 0.15) is 0 Å². The summed E-state index contributed by atoms with van der Waals surface area (Å²) in [6, 6.07) is 0. The van der Waals surface area contributed by atoms with Gasteiger partial charge in [-0.1, -0.05) is 18.8 Å². The average Bonchev–Trinajstić information content (AvgIpc) is 1.59. The summed E-state index contributed by atoms with van der Waals surface area (Å²) in [5.41, 5.74) is 1.23. The first-order valence-electron chi connectivity index (χ1n) is 2.48. The second-order valence-corrected chi connectivity index (χ2v) is 4.44. The van der Waals surface area contributed by atoms with Crippen LogP contribution in [0.3, 0.4) is 0 Å². The molecule has 0 aromatic carbocycles. The fraction of sp³-hybridized carbons (Fsp3) is 0.600. The van der Waals surface area contributed by atoms with E-state index >= 15 is 0 Å². The first-order valence-corrected chi connectivity index (χ1v) is 5.05. The topological polar surface area (TPSA) is 0 Å². The molecule has 53 valence electrons. The molecule has 0 heterocycles. The molecular formula is C5H8F3Si. The van der Waals surface area contributed by atoms with Crippen molar-refractivity contribution in [1.82, 2.24) is 0 Å². The van der Waals surface area contributed by atoms with Crippen LogP contribution in [0.25, 0.3) is 0 Å². The molecule has 1 radical (unpaired) electrons. The number of hydrogen-bond donors (Lipinski definition) is 0. The van der Waals surface area contributed by atoms with Crippen molar-refractivity contribution >= 4 is 8.80 Å². The van der Waals surface area contributed by atoms with Gasteiger partial charge in [0.1, 0.15) is 0 Å². The number of hydrogen-bond acceptors (Lipinski definition) is 0. The second kappa shape index (κ2) is 3.05. The maximum atomic E-state index is 11.3. The highest BCUT2D eigenvalue weighted by atomic mass is 28.3. The van der Waals surface area contributed by atoms with Crippen molar-refractivity contribution in [1.29, 1.82) is 0 Å². The quantitative estimate of drug-likeness (QED) is 0.507. The van der Waals surface area contributed by atoms with Gasteiger partial charge >= 0.3 is 6.18 Å². The zero-order valence-corrected chi connectivity index (χ0v) is 6.29. The summed E-state index contributed by atoms with van der Waals surface area (Å²) in [5.74, 6) is 0. The fourth-order valence-electron chi connectivity index (χ4n) is 0.261. The Labute approximate surface area is 54.0 Å². The lowest BCUT2D eigenvalue weighted by molar-refractivity contribution is -0.0797. The van der Waals surface area contributed by atoms with Gasteiger partial charge < -0.3 is 0 Å². The van der Waals surface area contributed by atoms with Gasteiger partial charge in [0.15, 0.2) is 0 Å². The van der Waals surface area contributed by atoms with Crippen LogP contribution >= 0.6 is 0 Å². The van der Waals surface area contributed by atoms with E-state index in [1.165, 1.54) is 5.70 Å². The van der Waals surface area contributed by atoms with Crippen molar-refractivity contribution in [2.45, 2.75) is 19.3 Å². The molecule has 0 fully saturated rings. The third-order valence-corrected chi connectivity index (χ3v) is 1.44. The van der Waals surface area contributed by atoms with Crippen molar-refractivity contribution in [2.24, 2.45) is 0 Å². The van der Waals surface area contributed by atoms with Crippen LogP contribution in [-0.2, 0) is 0 Å². The lowest BCUT2D eigenvalue weighted by Gasteiger charge is -1.97. The van der Waals surface area contributed by atoms with Crippen molar-refractivity contribution in [3.05, 3.63) is 11.8 Å². The highest BCUT2D eigenvalue weighted by Crippen LogP contribution is 2.15. The third kappa shape index (κ3) is 7.75. The molecule has 0 saturated heterocycles. The first kappa shape index (κ1) is 8.75. The molecule has 9 heavy (non-hydrogen) atoms. The minimum absolute atomic E-state index is 0.307. The Morgan fingerprint density at radius 1 is 1.22 bits per heavy atom. The van der Waals surface area contributed by atoms with Gasteiger partial charge in [-0.05, 0) is 0 Å². The van der Waals surface area contributed by atoms with Gasteiger partial charge in [0.25, 0.3) is 0 Å². The summed E-state index contributed by atoms with van der Waals surface area (Å²) in [4.78, 5) is 0. The van der Waals surface area contributed by atoms with Crippen LogP contribution in [0.4, 0.5) is 13.2 Å². The average molecular weight is 153 g/mol. The van der Waals surface area contributed by atoms with Gasteiger partial charge in [0.05, 0.1) is 8.80 Å². The van der Waals surface area contributed by atoms with Gasteiger partial charge in [-0.2, -0.15) is 13.2 Å². The Kier molecular flexibility index (Phi) is 2.97. The van der Waals surface area contributed by atoms with E-state index in [0.29, 0.717) is 6.08 Å². The second-order valence-electron chi connectivity index (χ2n) is 1.95. The van der Waals surface area contributed by atoms with Crippen molar-refractivity contribution in [2.75, 3.05) is 0 Å². The molecule has 0 unspecified atom stereocenters. The summed E-state index contributed by atoms with van der Waals surface area (Å²) in [5, 5.41) is 0. The summed E-state index contributed by atoms with van der Waals surface area (Å²) in [7, 11) is -0.868. The van der Waals surface area contributed by atoms with Crippen LogP contribution < -0.4 is 0 Å². The van der Waals surface area contributed by atoms with E-state index in [4.69, 9.17) is 0 Å². The van der Waals surface area contributed by atoms with E-state index in [1.54, 1.807) is 13.1 Å². The fourth-order valence-corrected chi connectivity index (χ4v) is 0.783. The molecule has 0 rings (SSSR count). The lowest BCUT2D eigenvalue weighted by atomic mass is 10.6. The Bertz CT molecular complexity index is 103. The standard InChI is InChI=1S/C5H8F3Si/c1-9(2)4-3-5(6,7)8/h3-4H,1-2H3. The molecule has 0 amide bonds. The first-order chi connectivity index (χ1) is 3.92. The molecule has 0 aliphatic rings. The van der Waals surface area contributed by atoms with E-state index in [9.17, 15) is 13.2 Å². The molecule has 0 aromatic heterocycles. The molecule has 0 aromatic rings.